The van der Waals surface area contributed by atoms with Gasteiger partial charge in [-0.3, -0.25) is 0 Å². The molecule has 0 amide bonds. The molecule has 0 saturated carbocycles. The zero-order chi connectivity index (χ0) is 12.0. The highest BCUT2D eigenvalue weighted by atomic mass is 16.5. The van der Waals surface area contributed by atoms with Crippen LogP contribution in [0, 0.1) is 6.92 Å². The Bertz CT molecular complexity index is 341. The summed E-state index contributed by atoms with van der Waals surface area (Å²) in [6, 6.07) is 0. The number of nitrogens with zero attached hydrogens (tertiary/aromatic N) is 2. The molecule has 1 aromatic heterocycles. The van der Waals surface area contributed by atoms with Crippen molar-refractivity contribution in [2.24, 2.45) is 5.84 Å². The van der Waals surface area contributed by atoms with Gasteiger partial charge in [-0.05, 0) is 20.3 Å². The summed E-state index contributed by atoms with van der Waals surface area (Å²) < 4.78 is 5.28. The van der Waals surface area contributed by atoms with E-state index in [9.17, 15) is 0 Å². The maximum atomic E-state index is 5.45. The molecular weight excluding hydrogens is 204 g/mol. The first-order valence-corrected chi connectivity index (χ1v) is 5.63. The van der Waals surface area contributed by atoms with Crippen molar-refractivity contribution >= 4 is 5.82 Å². The summed E-state index contributed by atoms with van der Waals surface area (Å²) in [6.45, 7) is 7.37. The second-order valence-electron chi connectivity index (χ2n) is 3.50. The summed E-state index contributed by atoms with van der Waals surface area (Å²) >= 11 is 0. The summed E-state index contributed by atoms with van der Waals surface area (Å²) in [7, 11) is 0. The molecule has 90 valence electrons. The van der Waals surface area contributed by atoms with Crippen LogP contribution in [0.25, 0.3) is 0 Å². The fraction of sp³-hybridized carbons (Fsp3) is 0.636. The third kappa shape index (κ3) is 3.15. The van der Waals surface area contributed by atoms with Gasteiger partial charge < -0.3 is 10.2 Å². The van der Waals surface area contributed by atoms with E-state index in [2.05, 4.69) is 22.3 Å². The first-order chi connectivity index (χ1) is 7.72. The highest BCUT2D eigenvalue weighted by molar-refractivity contribution is 5.45. The number of anilines is 1. The SMILES string of the molecule is CCOCCc1nc(C)c(CC)c(NN)n1. The topological polar surface area (TPSA) is 73.1 Å². The third-order valence-electron chi connectivity index (χ3n) is 2.42. The van der Waals surface area contributed by atoms with E-state index in [0.29, 0.717) is 19.6 Å². The minimum atomic E-state index is 0.644. The largest absolute Gasteiger partial charge is 0.381 e. The number of nitrogens with one attached hydrogen (secondary N) is 1. The zero-order valence-corrected chi connectivity index (χ0v) is 10.2. The Morgan fingerprint density at radius 2 is 2.06 bits per heavy atom. The molecule has 0 aliphatic carbocycles. The number of nitrogen functional groups attached to an aromatic ring is 1. The quantitative estimate of drug-likeness (QED) is 0.431. The van der Waals surface area contributed by atoms with E-state index in [1.165, 1.54) is 0 Å². The summed E-state index contributed by atoms with van der Waals surface area (Å²) in [4.78, 5) is 8.81. The summed E-state index contributed by atoms with van der Waals surface area (Å²) in [6.07, 6.45) is 1.59. The van der Waals surface area contributed by atoms with Crippen LogP contribution in [0.4, 0.5) is 5.82 Å². The van der Waals surface area contributed by atoms with Gasteiger partial charge in [-0.1, -0.05) is 6.92 Å². The van der Waals surface area contributed by atoms with Crippen LogP contribution < -0.4 is 11.3 Å². The molecule has 0 unspecified atom stereocenters. The molecule has 1 aromatic rings. The van der Waals surface area contributed by atoms with Crippen molar-refractivity contribution in [2.45, 2.75) is 33.6 Å². The molecule has 5 nitrogen and oxygen atoms in total. The van der Waals surface area contributed by atoms with Crippen molar-refractivity contribution in [3.8, 4) is 0 Å². The molecule has 0 fully saturated rings. The van der Waals surface area contributed by atoms with Gasteiger partial charge in [-0.15, -0.1) is 0 Å². The number of aromatic nitrogens is 2. The maximum Gasteiger partial charge on any atom is 0.147 e. The lowest BCUT2D eigenvalue weighted by Crippen LogP contribution is -2.15. The molecule has 0 spiro atoms. The highest BCUT2D eigenvalue weighted by Crippen LogP contribution is 2.15. The van der Waals surface area contributed by atoms with E-state index >= 15 is 0 Å². The average Bonchev–Trinajstić information content (AvgIpc) is 2.28. The minimum absolute atomic E-state index is 0.644. The van der Waals surface area contributed by atoms with Crippen LogP contribution >= 0.6 is 0 Å². The number of hydrogen-bond acceptors (Lipinski definition) is 5. The Labute approximate surface area is 96.4 Å². The van der Waals surface area contributed by atoms with Gasteiger partial charge >= 0.3 is 0 Å². The second kappa shape index (κ2) is 6.40. The normalized spacial score (nSPS) is 10.5. The van der Waals surface area contributed by atoms with Crippen molar-refractivity contribution in [1.82, 2.24) is 9.97 Å². The van der Waals surface area contributed by atoms with Crippen molar-refractivity contribution in [2.75, 3.05) is 18.6 Å². The first-order valence-electron chi connectivity index (χ1n) is 5.63. The van der Waals surface area contributed by atoms with E-state index in [-0.39, 0.29) is 0 Å². The van der Waals surface area contributed by atoms with E-state index in [1.54, 1.807) is 0 Å². The molecule has 0 aliphatic heterocycles. The minimum Gasteiger partial charge on any atom is -0.381 e. The number of nitrogens with two attached hydrogens (primary N) is 1. The summed E-state index contributed by atoms with van der Waals surface area (Å²) in [5.74, 6) is 6.95. The third-order valence-corrected chi connectivity index (χ3v) is 2.42. The van der Waals surface area contributed by atoms with Crippen LogP contribution in [0.2, 0.25) is 0 Å². The van der Waals surface area contributed by atoms with Crippen molar-refractivity contribution in [3.63, 3.8) is 0 Å². The van der Waals surface area contributed by atoms with Gasteiger partial charge in [0.25, 0.3) is 0 Å². The van der Waals surface area contributed by atoms with Crippen LogP contribution in [0.3, 0.4) is 0 Å². The van der Waals surface area contributed by atoms with Crippen molar-refractivity contribution in [1.29, 1.82) is 0 Å². The predicted molar refractivity (Wildman–Crippen MR) is 64.2 cm³/mol. The molecular formula is C11H20N4O. The molecule has 16 heavy (non-hydrogen) atoms. The number of hydrazine groups is 1. The van der Waals surface area contributed by atoms with Gasteiger partial charge in [0, 0.05) is 24.3 Å². The number of aryl methyl sites for hydroxylation is 1. The van der Waals surface area contributed by atoms with Crippen LogP contribution in [0.5, 0.6) is 0 Å². The molecule has 0 bridgehead atoms. The smallest absolute Gasteiger partial charge is 0.147 e. The average molecular weight is 224 g/mol. The van der Waals surface area contributed by atoms with Crippen LogP contribution in [-0.4, -0.2) is 23.2 Å². The van der Waals surface area contributed by atoms with Gasteiger partial charge in [0.1, 0.15) is 11.6 Å². The fourth-order valence-electron chi connectivity index (χ4n) is 1.62. The summed E-state index contributed by atoms with van der Waals surface area (Å²) in [5, 5.41) is 0. The monoisotopic (exact) mass is 224 g/mol. The molecule has 0 atom stereocenters. The fourth-order valence-corrected chi connectivity index (χ4v) is 1.62. The lowest BCUT2D eigenvalue weighted by molar-refractivity contribution is 0.149. The Kier molecular flexibility index (Phi) is 5.14. The molecule has 0 aromatic carbocycles. The number of hydrogen-bond donors (Lipinski definition) is 2. The van der Waals surface area contributed by atoms with Gasteiger partial charge in [-0.25, -0.2) is 15.8 Å². The molecule has 0 aliphatic rings. The highest BCUT2D eigenvalue weighted by Gasteiger charge is 2.08. The molecule has 1 heterocycles. The van der Waals surface area contributed by atoms with Gasteiger partial charge in [0.2, 0.25) is 0 Å². The van der Waals surface area contributed by atoms with Crippen molar-refractivity contribution < 1.29 is 4.74 Å². The summed E-state index contributed by atoms with van der Waals surface area (Å²) in [5.41, 5.74) is 4.68. The molecule has 1 rings (SSSR count). The lowest BCUT2D eigenvalue weighted by atomic mass is 10.1. The number of ether oxygens (including phenoxy) is 1. The van der Waals surface area contributed by atoms with E-state index in [1.807, 2.05) is 13.8 Å². The zero-order valence-electron chi connectivity index (χ0n) is 10.2. The maximum absolute atomic E-state index is 5.45. The first kappa shape index (κ1) is 12.9. The van der Waals surface area contributed by atoms with Crippen LogP contribution in [0.1, 0.15) is 30.9 Å². The molecule has 5 heteroatoms. The van der Waals surface area contributed by atoms with E-state index < -0.39 is 0 Å². The Hall–Kier alpha value is -1.20. The Balaban J connectivity index is 2.83. The van der Waals surface area contributed by atoms with Crippen LogP contribution in [0.15, 0.2) is 0 Å². The molecule has 0 saturated heterocycles. The van der Waals surface area contributed by atoms with Gasteiger partial charge in [-0.2, -0.15) is 0 Å². The van der Waals surface area contributed by atoms with Crippen LogP contribution in [-0.2, 0) is 17.6 Å². The lowest BCUT2D eigenvalue weighted by Gasteiger charge is -2.11. The van der Waals surface area contributed by atoms with E-state index in [4.69, 9.17) is 10.6 Å². The van der Waals surface area contributed by atoms with Crippen molar-refractivity contribution in [3.05, 3.63) is 17.1 Å². The van der Waals surface area contributed by atoms with E-state index in [0.717, 1.165) is 29.3 Å². The Morgan fingerprint density at radius 3 is 2.62 bits per heavy atom. The molecule has 3 N–H and O–H groups in total. The standard InChI is InChI=1S/C11H20N4O/c1-4-9-8(3)13-10(6-7-16-5-2)14-11(9)15-12/h4-7,12H2,1-3H3,(H,13,14,15). The van der Waals surface area contributed by atoms with Gasteiger partial charge in [0.05, 0.1) is 6.61 Å². The second-order valence-corrected chi connectivity index (χ2v) is 3.50. The molecule has 0 radical (unpaired) electrons. The van der Waals surface area contributed by atoms with Gasteiger partial charge in [0.15, 0.2) is 0 Å². The Morgan fingerprint density at radius 1 is 1.31 bits per heavy atom. The number of rotatable bonds is 6. The predicted octanol–water partition coefficient (Wildman–Crippen LogP) is 1.21.